The molecule has 1 heterocycles. The van der Waals surface area contributed by atoms with Crippen LogP contribution in [0.5, 0.6) is 0 Å². The minimum atomic E-state index is -0.768. The Balaban J connectivity index is 1.54. The molecule has 27 heavy (non-hydrogen) atoms. The standard InChI is InChI=1S/C19H23N3O5/c1-27-16(24)13-5-7-14(8-6-13)20-15(23)9-12-22-17(25)19(21-18(22)26)10-3-2-4-11-19/h5-8H,2-4,9-12H2,1H3,(H,20,23)(H,21,26). The van der Waals surface area contributed by atoms with Gasteiger partial charge in [-0.2, -0.15) is 0 Å². The molecule has 2 aliphatic rings. The van der Waals surface area contributed by atoms with E-state index in [2.05, 4.69) is 15.4 Å². The largest absolute Gasteiger partial charge is 0.465 e. The summed E-state index contributed by atoms with van der Waals surface area (Å²) in [5.74, 6) is -0.989. The van der Waals surface area contributed by atoms with Crippen LogP contribution in [0.25, 0.3) is 0 Å². The Labute approximate surface area is 157 Å². The molecule has 1 aromatic rings. The first-order valence-corrected chi connectivity index (χ1v) is 9.07. The number of hydrogen-bond acceptors (Lipinski definition) is 5. The molecule has 0 unspecified atom stereocenters. The molecule has 1 saturated heterocycles. The minimum absolute atomic E-state index is 0.00793. The topological polar surface area (TPSA) is 105 Å². The second-order valence-electron chi connectivity index (χ2n) is 6.90. The smallest absolute Gasteiger partial charge is 0.337 e. The summed E-state index contributed by atoms with van der Waals surface area (Å²) in [5.41, 5.74) is 0.136. The monoisotopic (exact) mass is 373 g/mol. The van der Waals surface area contributed by atoms with Crippen molar-refractivity contribution in [2.24, 2.45) is 0 Å². The van der Waals surface area contributed by atoms with Crippen LogP contribution in [0.2, 0.25) is 0 Å². The minimum Gasteiger partial charge on any atom is -0.465 e. The van der Waals surface area contributed by atoms with E-state index in [0.717, 1.165) is 24.2 Å². The number of carbonyl (C=O) groups is 4. The quantitative estimate of drug-likeness (QED) is 0.607. The highest BCUT2D eigenvalue weighted by atomic mass is 16.5. The zero-order valence-electron chi connectivity index (χ0n) is 15.2. The Bertz CT molecular complexity index is 753. The summed E-state index contributed by atoms with van der Waals surface area (Å²) in [6.45, 7) is 0.0402. The van der Waals surface area contributed by atoms with E-state index in [1.807, 2.05) is 0 Å². The van der Waals surface area contributed by atoms with E-state index in [-0.39, 0.29) is 24.8 Å². The summed E-state index contributed by atoms with van der Waals surface area (Å²) >= 11 is 0. The first-order chi connectivity index (χ1) is 12.9. The molecule has 1 aromatic carbocycles. The fourth-order valence-corrected chi connectivity index (χ4v) is 3.62. The molecule has 1 spiro atoms. The van der Waals surface area contributed by atoms with E-state index in [0.29, 0.717) is 24.1 Å². The van der Waals surface area contributed by atoms with Gasteiger partial charge in [0.2, 0.25) is 5.91 Å². The third-order valence-electron chi connectivity index (χ3n) is 5.11. The van der Waals surface area contributed by atoms with Gasteiger partial charge < -0.3 is 15.4 Å². The van der Waals surface area contributed by atoms with Crippen molar-refractivity contribution in [2.45, 2.75) is 44.1 Å². The van der Waals surface area contributed by atoms with Gasteiger partial charge in [0.05, 0.1) is 12.7 Å². The van der Waals surface area contributed by atoms with Crippen molar-refractivity contribution in [3.8, 4) is 0 Å². The highest BCUT2D eigenvalue weighted by Gasteiger charge is 2.50. The number of nitrogens with one attached hydrogen (secondary N) is 2. The normalized spacial score (nSPS) is 18.3. The van der Waals surface area contributed by atoms with Crippen molar-refractivity contribution in [1.29, 1.82) is 0 Å². The molecular formula is C19H23N3O5. The van der Waals surface area contributed by atoms with Gasteiger partial charge >= 0.3 is 12.0 Å². The van der Waals surface area contributed by atoms with Crippen LogP contribution in [0, 0.1) is 0 Å². The zero-order valence-corrected chi connectivity index (χ0v) is 15.2. The van der Waals surface area contributed by atoms with Crippen molar-refractivity contribution in [3.05, 3.63) is 29.8 Å². The fourth-order valence-electron chi connectivity index (χ4n) is 3.62. The number of rotatable bonds is 5. The second-order valence-corrected chi connectivity index (χ2v) is 6.90. The molecule has 1 aliphatic heterocycles. The lowest BCUT2D eigenvalue weighted by Crippen LogP contribution is -2.48. The van der Waals surface area contributed by atoms with E-state index in [4.69, 9.17) is 0 Å². The summed E-state index contributed by atoms with van der Waals surface area (Å²) in [5, 5.41) is 5.52. The van der Waals surface area contributed by atoms with Gasteiger partial charge in [0, 0.05) is 18.7 Å². The molecule has 0 aromatic heterocycles. The van der Waals surface area contributed by atoms with Crippen LogP contribution in [0.1, 0.15) is 48.9 Å². The Hall–Kier alpha value is -2.90. The van der Waals surface area contributed by atoms with E-state index >= 15 is 0 Å². The van der Waals surface area contributed by atoms with Crippen LogP contribution < -0.4 is 10.6 Å². The van der Waals surface area contributed by atoms with Gasteiger partial charge in [-0.1, -0.05) is 19.3 Å². The Morgan fingerprint density at radius 1 is 1.15 bits per heavy atom. The second kappa shape index (κ2) is 7.77. The summed E-state index contributed by atoms with van der Waals surface area (Å²) < 4.78 is 4.62. The Kier molecular flexibility index (Phi) is 5.43. The van der Waals surface area contributed by atoms with Gasteiger partial charge in [-0.05, 0) is 37.1 Å². The van der Waals surface area contributed by atoms with Crippen LogP contribution in [-0.4, -0.2) is 47.9 Å². The summed E-state index contributed by atoms with van der Waals surface area (Å²) in [4.78, 5) is 49.5. The number of esters is 1. The molecule has 144 valence electrons. The van der Waals surface area contributed by atoms with Crippen molar-refractivity contribution >= 4 is 29.5 Å². The van der Waals surface area contributed by atoms with Crippen molar-refractivity contribution in [3.63, 3.8) is 0 Å². The zero-order chi connectivity index (χ0) is 19.4. The number of urea groups is 1. The van der Waals surface area contributed by atoms with Gasteiger partial charge in [0.1, 0.15) is 5.54 Å². The lowest BCUT2D eigenvalue weighted by molar-refractivity contribution is -0.132. The molecule has 0 atom stereocenters. The molecular weight excluding hydrogens is 350 g/mol. The van der Waals surface area contributed by atoms with Crippen LogP contribution in [0.3, 0.4) is 0 Å². The number of methoxy groups -OCH3 is 1. The molecule has 1 aliphatic carbocycles. The maximum Gasteiger partial charge on any atom is 0.337 e. The number of ether oxygens (including phenoxy) is 1. The maximum atomic E-state index is 12.7. The van der Waals surface area contributed by atoms with Gasteiger partial charge in [-0.15, -0.1) is 0 Å². The molecule has 4 amide bonds. The third kappa shape index (κ3) is 3.94. The number of benzene rings is 1. The first-order valence-electron chi connectivity index (χ1n) is 9.07. The van der Waals surface area contributed by atoms with E-state index in [9.17, 15) is 19.2 Å². The van der Waals surface area contributed by atoms with Crippen LogP contribution in [-0.2, 0) is 14.3 Å². The number of amides is 4. The Morgan fingerprint density at radius 2 is 1.81 bits per heavy atom. The SMILES string of the molecule is COC(=O)c1ccc(NC(=O)CCN2C(=O)NC3(CCCCC3)C2=O)cc1. The predicted octanol–water partition coefficient (Wildman–Crippen LogP) is 2.06. The van der Waals surface area contributed by atoms with Crippen LogP contribution in [0.4, 0.5) is 10.5 Å². The number of hydrogen-bond donors (Lipinski definition) is 2. The molecule has 1 saturated carbocycles. The molecule has 8 heteroatoms. The maximum absolute atomic E-state index is 12.7. The number of carbonyl (C=O) groups excluding carboxylic acids is 4. The molecule has 0 bridgehead atoms. The van der Waals surface area contributed by atoms with E-state index < -0.39 is 17.5 Å². The first kappa shape index (κ1) is 18.9. The van der Waals surface area contributed by atoms with Gasteiger partial charge in [-0.25, -0.2) is 9.59 Å². The van der Waals surface area contributed by atoms with Crippen LogP contribution >= 0.6 is 0 Å². The number of imide groups is 1. The lowest BCUT2D eigenvalue weighted by atomic mass is 9.82. The summed E-state index contributed by atoms with van der Waals surface area (Å²) in [6.07, 6.45) is 4.24. The van der Waals surface area contributed by atoms with Crippen molar-refractivity contribution < 1.29 is 23.9 Å². The molecule has 2 fully saturated rings. The summed E-state index contributed by atoms with van der Waals surface area (Å²) in [6, 6.07) is 5.86. The average Bonchev–Trinajstić information content (AvgIpc) is 2.90. The number of nitrogens with zero attached hydrogens (tertiary/aromatic N) is 1. The molecule has 3 rings (SSSR count). The Morgan fingerprint density at radius 3 is 2.44 bits per heavy atom. The van der Waals surface area contributed by atoms with Gasteiger partial charge in [0.15, 0.2) is 0 Å². The average molecular weight is 373 g/mol. The van der Waals surface area contributed by atoms with Crippen molar-refractivity contribution in [2.75, 3.05) is 19.0 Å². The number of anilines is 1. The third-order valence-corrected chi connectivity index (χ3v) is 5.11. The van der Waals surface area contributed by atoms with Crippen molar-refractivity contribution in [1.82, 2.24) is 10.2 Å². The molecule has 8 nitrogen and oxygen atoms in total. The van der Waals surface area contributed by atoms with E-state index in [1.54, 1.807) is 24.3 Å². The van der Waals surface area contributed by atoms with Gasteiger partial charge in [-0.3, -0.25) is 14.5 Å². The summed E-state index contributed by atoms with van der Waals surface area (Å²) in [7, 11) is 1.30. The predicted molar refractivity (Wildman–Crippen MR) is 97.1 cm³/mol. The van der Waals surface area contributed by atoms with Gasteiger partial charge in [0.25, 0.3) is 5.91 Å². The highest BCUT2D eigenvalue weighted by molar-refractivity contribution is 6.07. The van der Waals surface area contributed by atoms with Crippen LogP contribution in [0.15, 0.2) is 24.3 Å². The fraction of sp³-hybridized carbons (Fsp3) is 0.474. The highest BCUT2D eigenvalue weighted by Crippen LogP contribution is 2.33. The molecule has 0 radical (unpaired) electrons. The lowest BCUT2D eigenvalue weighted by Gasteiger charge is -2.30. The molecule has 2 N–H and O–H groups in total. The van der Waals surface area contributed by atoms with E-state index in [1.165, 1.54) is 7.11 Å².